The van der Waals surface area contributed by atoms with E-state index in [0.717, 1.165) is 18.7 Å². The SMILES string of the molecule is CCN(CC)C(=O)COC(C)c1ccc2sccc2c1. The van der Waals surface area contributed by atoms with Crippen LogP contribution in [0, 0.1) is 0 Å². The zero-order valence-corrected chi connectivity index (χ0v) is 13.1. The van der Waals surface area contributed by atoms with Gasteiger partial charge in [-0.1, -0.05) is 6.07 Å². The van der Waals surface area contributed by atoms with Gasteiger partial charge in [-0.05, 0) is 55.3 Å². The van der Waals surface area contributed by atoms with Crippen LogP contribution in [0.1, 0.15) is 32.4 Å². The normalized spacial score (nSPS) is 12.6. The van der Waals surface area contributed by atoms with Gasteiger partial charge in [0.05, 0.1) is 6.10 Å². The Labute approximate surface area is 124 Å². The molecule has 0 N–H and O–H groups in total. The van der Waals surface area contributed by atoms with E-state index in [0.29, 0.717) is 0 Å². The zero-order valence-electron chi connectivity index (χ0n) is 12.3. The molecule has 2 aromatic rings. The van der Waals surface area contributed by atoms with Gasteiger partial charge in [0.2, 0.25) is 5.91 Å². The van der Waals surface area contributed by atoms with Crippen LogP contribution in [0.15, 0.2) is 29.6 Å². The minimum Gasteiger partial charge on any atom is -0.364 e. The fourth-order valence-electron chi connectivity index (χ4n) is 2.20. The van der Waals surface area contributed by atoms with Crippen molar-refractivity contribution in [2.24, 2.45) is 0 Å². The molecule has 1 unspecified atom stereocenters. The Bertz CT molecular complexity index is 575. The van der Waals surface area contributed by atoms with E-state index in [1.807, 2.05) is 20.8 Å². The standard InChI is InChI=1S/C16H21NO2S/c1-4-17(5-2)16(18)11-19-12(3)13-6-7-15-14(10-13)8-9-20-15/h6-10,12H,4-5,11H2,1-3H3. The molecule has 4 heteroatoms. The van der Waals surface area contributed by atoms with Crippen LogP contribution in [0.25, 0.3) is 10.1 Å². The molecule has 1 atom stereocenters. The zero-order chi connectivity index (χ0) is 14.5. The summed E-state index contributed by atoms with van der Waals surface area (Å²) in [6, 6.07) is 8.43. The topological polar surface area (TPSA) is 29.5 Å². The lowest BCUT2D eigenvalue weighted by molar-refractivity contribution is -0.137. The van der Waals surface area contributed by atoms with E-state index >= 15 is 0 Å². The maximum Gasteiger partial charge on any atom is 0.248 e. The molecule has 0 saturated heterocycles. The minimum absolute atomic E-state index is 0.0541. The van der Waals surface area contributed by atoms with Crippen LogP contribution in [-0.2, 0) is 9.53 Å². The molecule has 0 aliphatic heterocycles. The first-order valence-corrected chi connectivity index (χ1v) is 7.90. The van der Waals surface area contributed by atoms with E-state index in [9.17, 15) is 4.79 Å². The maximum absolute atomic E-state index is 11.9. The number of rotatable bonds is 6. The number of carbonyl (C=O) groups excluding carboxylic acids is 1. The van der Waals surface area contributed by atoms with Gasteiger partial charge in [0.15, 0.2) is 0 Å². The van der Waals surface area contributed by atoms with Crippen LogP contribution in [0.5, 0.6) is 0 Å². The molecule has 1 aromatic heterocycles. The van der Waals surface area contributed by atoms with Crippen LogP contribution in [0.4, 0.5) is 0 Å². The number of fused-ring (bicyclic) bond motifs is 1. The Morgan fingerprint density at radius 1 is 1.30 bits per heavy atom. The van der Waals surface area contributed by atoms with Gasteiger partial charge in [-0.2, -0.15) is 0 Å². The van der Waals surface area contributed by atoms with Crippen LogP contribution < -0.4 is 0 Å². The third-order valence-corrected chi connectivity index (χ3v) is 4.42. The molecule has 0 saturated carbocycles. The average Bonchev–Trinajstić information content (AvgIpc) is 2.93. The van der Waals surface area contributed by atoms with Crippen molar-refractivity contribution in [3.63, 3.8) is 0 Å². The molecular weight excluding hydrogens is 270 g/mol. The van der Waals surface area contributed by atoms with Crippen molar-refractivity contribution in [3.05, 3.63) is 35.2 Å². The van der Waals surface area contributed by atoms with E-state index in [-0.39, 0.29) is 18.6 Å². The van der Waals surface area contributed by atoms with Gasteiger partial charge in [-0.3, -0.25) is 4.79 Å². The largest absolute Gasteiger partial charge is 0.364 e. The molecule has 2 rings (SSSR count). The second-order valence-electron chi connectivity index (χ2n) is 4.74. The molecule has 0 spiro atoms. The number of hydrogen-bond donors (Lipinski definition) is 0. The van der Waals surface area contributed by atoms with Crippen LogP contribution >= 0.6 is 11.3 Å². The Kier molecular flexibility index (Phi) is 5.15. The second-order valence-corrected chi connectivity index (χ2v) is 5.68. The van der Waals surface area contributed by atoms with Gasteiger partial charge in [-0.15, -0.1) is 11.3 Å². The fraction of sp³-hybridized carbons (Fsp3) is 0.438. The molecule has 0 aliphatic carbocycles. The highest BCUT2D eigenvalue weighted by Crippen LogP contribution is 2.25. The van der Waals surface area contributed by atoms with E-state index in [4.69, 9.17) is 4.74 Å². The fourth-order valence-corrected chi connectivity index (χ4v) is 2.97. The molecule has 1 amide bonds. The average molecular weight is 291 g/mol. The minimum atomic E-state index is -0.0705. The first kappa shape index (κ1) is 15.0. The number of thiophene rings is 1. The molecule has 0 fully saturated rings. The van der Waals surface area contributed by atoms with Crippen molar-refractivity contribution in [1.29, 1.82) is 0 Å². The Morgan fingerprint density at radius 2 is 2.05 bits per heavy atom. The van der Waals surface area contributed by atoms with Crippen LogP contribution in [-0.4, -0.2) is 30.5 Å². The summed E-state index contributed by atoms with van der Waals surface area (Å²) in [4.78, 5) is 13.7. The number of ether oxygens (including phenoxy) is 1. The Balaban J connectivity index is 1.97. The third-order valence-electron chi connectivity index (χ3n) is 3.52. The van der Waals surface area contributed by atoms with Crippen molar-refractivity contribution in [1.82, 2.24) is 4.90 Å². The summed E-state index contributed by atoms with van der Waals surface area (Å²) in [5.41, 5.74) is 1.11. The van der Waals surface area contributed by atoms with Crippen molar-refractivity contribution >= 4 is 27.3 Å². The molecular formula is C16H21NO2S. The number of hydrogen-bond acceptors (Lipinski definition) is 3. The Hall–Kier alpha value is -1.39. The van der Waals surface area contributed by atoms with Crippen molar-refractivity contribution < 1.29 is 9.53 Å². The highest BCUT2D eigenvalue weighted by molar-refractivity contribution is 7.17. The number of nitrogens with zero attached hydrogens (tertiary/aromatic N) is 1. The van der Waals surface area contributed by atoms with Gasteiger partial charge < -0.3 is 9.64 Å². The van der Waals surface area contributed by atoms with Gasteiger partial charge in [-0.25, -0.2) is 0 Å². The quantitative estimate of drug-likeness (QED) is 0.809. The van der Waals surface area contributed by atoms with E-state index in [2.05, 4.69) is 29.6 Å². The number of carbonyl (C=O) groups is 1. The van der Waals surface area contributed by atoms with Crippen molar-refractivity contribution in [2.45, 2.75) is 26.9 Å². The molecule has 1 heterocycles. The first-order chi connectivity index (χ1) is 9.65. The van der Waals surface area contributed by atoms with Crippen molar-refractivity contribution in [2.75, 3.05) is 19.7 Å². The van der Waals surface area contributed by atoms with Gasteiger partial charge in [0, 0.05) is 17.8 Å². The smallest absolute Gasteiger partial charge is 0.248 e. The second kappa shape index (κ2) is 6.86. The highest BCUT2D eigenvalue weighted by Gasteiger charge is 2.13. The highest BCUT2D eigenvalue weighted by atomic mass is 32.1. The summed E-state index contributed by atoms with van der Waals surface area (Å²) in [6.45, 7) is 7.56. The van der Waals surface area contributed by atoms with Gasteiger partial charge in [0.25, 0.3) is 0 Å². The predicted molar refractivity (Wildman–Crippen MR) is 84.1 cm³/mol. The van der Waals surface area contributed by atoms with Gasteiger partial charge in [0.1, 0.15) is 6.61 Å². The summed E-state index contributed by atoms with van der Waals surface area (Å²) >= 11 is 1.73. The van der Waals surface area contributed by atoms with E-state index in [1.165, 1.54) is 10.1 Å². The van der Waals surface area contributed by atoms with E-state index in [1.54, 1.807) is 16.2 Å². The van der Waals surface area contributed by atoms with Crippen molar-refractivity contribution in [3.8, 4) is 0 Å². The molecule has 0 radical (unpaired) electrons. The summed E-state index contributed by atoms with van der Waals surface area (Å²) in [7, 11) is 0. The molecule has 108 valence electrons. The van der Waals surface area contributed by atoms with Crippen LogP contribution in [0.2, 0.25) is 0 Å². The lowest BCUT2D eigenvalue weighted by Gasteiger charge is -2.20. The monoisotopic (exact) mass is 291 g/mol. The summed E-state index contributed by atoms with van der Waals surface area (Å²) in [5.74, 6) is 0.0541. The summed E-state index contributed by atoms with van der Waals surface area (Å²) in [6.07, 6.45) is -0.0705. The maximum atomic E-state index is 11.9. The number of amides is 1. The third kappa shape index (κ3) is 3.38. The molecule has 3 nitrogen and oxygen atoms in total. The van der Waals surface area contributed by atoms with E-state index < -0.39 is 0 Å². The summed E-state index contributed by atoms with van der Waals surface area (Å²) < 4.78 is 6.99. The molecule has 1 aromatic carbocycles. The van der Waals surface area contributed by atoms with Crippen LogP contribution in [0.3, 0.4) is 0 Å². The van der Waals surface area contributed by atoms with Gasteiger partial charge >= 0.3 is 0 Å². The lowest BCUT2D eigenvalue weighted by atomic mass is 10.1. The molecule has 0 aliphatic rings. The molecule has 0 bridgehead atoms. The first-order valence-electron chi connectivity index (χ1n) is 7.02. The summed E-state index contributed by atoms with van der Waals surface area (Å²) in [5, 5.41) is 3.32. The Morgan fingerprint density at radius 3 is 2.75 bits per heavy atom. The predicted octanol–water partition coefficient (Wildman–Crippen LogP) is 3.85. The lowest BCUT2D eigenvalue weighted by Crippen LogP contribution is -2.33. The molecule has 20 heavy (non-hydrogen) atoms. The number of likely N-dealkylation sites (N-methyl/N-ethyl adjacent to an activating group) is 1. The number of benzene rings is 1.